The lowest BCUT2D eigenvalue weighted by Crippen LogP contribution is -2.39. The number of benzene rings is 1. The van der Waals surface area contributed by atoms with Crippen molar-refractivity contribution < 1.29 is 19.4 Å². The van der Waals surface area contributed by atoms with Crippen molar-refractivity contribution in [1.82, 2.24) is 5.32 Å². The predicted molar refractivity (Wildman–Crippen MR) is 76.1 cm³/mol. The summed E-state index contributed by atoms with van der Waals surface area (Å²) in [6.45, 7) is 7.57. The predicted octanol–water partition coefficient (Wildman–Crippen LogP) is 2.23. The highest BCUT2D eigenvalue weighted by atomic mass is 16.5. The molecule has 0 saturated heterocycles. The Labute approximate surface area is 118 Å². The number of carboxylic acids is 1. The number of carbonyl (C=O) groups is 2. The van der Waals surface area contributed by atoms with E-state index in [2.05, 4.69) is 5.32 Å². The van der Waals surface area contributed by atoms with E-state index in [1.54, 1.807) is 12.1 Å². The monoisotopic (exact) mass is 279 g/mol. The minimum atomic E-state index is -1.07. The van der Waals surface area contributed by atoms with Gasteiger partial charge < -0.3 is 15.2 Å². The summed E-state index contributed by atoms with van der Waals surface area (Å²) in [6, 6.07) is 4.82. The second kappa shape index (κ2) is 6.93. The maximum Gasteiger partial charge on any atom is 0.339 e. The highest BCUT2D eigenvalue weighted by Gasteiger charge is 2.14. The first-order chi connectivity index (χ1) is 9.31. The first kappa shape index (κ1) is 16.0. The second-order valence-corrected chi connectivity index (χ2v) is 5.19. The summed E-state index contributed by atoms with van der Waals surface area (Å²) in [5.74, 6) is -0.794. The summed E-state index contributed by atoms with van der Waals surface area (Å²) < 4.78 is 5.33. The molecule has 0 bridgehead atoms. The topological polar surface area (TPSA) is 75.6 Å². The molecule has 1 aromatic rings. The standard InChI is InChI=1S/C15H21NO4/c1-9(2)11(4)16-14(17)8-20-13-7-10(3)5-6-12(13)15(18)19/h5-7,9,11H,8H2,1-4H3,(H,16,17)(H,18,19). The van der Waals surface area contributed by atoms with Gasteiger partial charge >= 0.3 is 5.97 Å². The molecule has 5 heteroatoms. The van der Waals surface area contributed by atoms with Gasteiger partial charge in [-0.15, -0.1) is 0 Å². The van der Waals surface area contributed by atoms with Gasteiger partial charge in [0.25, 0.3) is 5.91 Å². The Hall–Kier alpha value is -2.04. The van der Waals surface area contributed by atoms with E-state index in [0.29, 0.717) is 5.92 Å². The molecule has 1 aromatic carbocycles. The minimum Gasteiger partial charge on any atom is -0.483 e. The molecule has 1 rings (SSSR count). The fraction of sp³-hybridized carbons (Fsp3) is 0.467. The van der Waals surface area contributed by atoms with E-state index in [1.807, 2.05) is 27.7 Å². The molecule has 0 saturated carbocycles. The van der Waals surface area contributed by atoms with Crippen LogP contribution in [0.2, 0.25) is 0 Å². The van der Waals surface area contributed by atoms with Crippen molar-refractivity contribution >= 4 is 11.9 Å². The first-order valence-electron chi connectivity index (χ1n) is 6.57. The molecule has 0 aliphatic carbocycles. The fourth-order valence-corrected chi connectivity index (χ4v) is 1.53. The maximum atomic E-state index is 11.7. The minimum absolute atomic E-state index is 0.0440. The van der Waals surface area contributed by atoms with Crippen molar-refractivity contribution in [3.05, 3.63) is 29.3 Å². The van der Waals surface area contributed by atoms with Crippen LogP contribution in [-0.4, -0.2) is 29.6 Å². The first-order valence-corrected chi connectivity index (χ1v) is 6.57. The van der Waals surface area contributed by atoms with Gasteiger partial charge in [0.2, 0.25) is 0 Å². The zero-order valence-electron chi connectivity index (χ0n) is 12.3. The van der Waals surface area contributed by atoms with E-state index < -0.39 is 5.97 Å². The van der Waals surface area contributed by atoms with Gasteiger partial charge in [0.05, 0.1) is 0 Å². The van der Waals surface area contributed by atoms with Crippen LogP contribution in [0.1, 0.15) is 36.7 Å². The van der Waals surface area contributed by atoms with Crippen molar-refractivity contribution in [2.24, 2.45) is 5.92 Å². The van der Waals surface area contributed by atoms with E-state index in [-0.39, 0.29) is 29.9 Å². The molecule has 110 valence electrons. The summed E-state index contributed by atoms with van der Waals surface area (Å²) in [6.07, 6.45) is 0. The SMILES string of the molecule is Cc1ccc(C(=O)O)c(OCC(=O)NC(C)C(C)C)c1. The molecule has 0 aliphatic heterocycles. The van der Waals surface area contributed by atoms with Gasteiger partial charge in [-0.05, 0) is 37.5 Å². The highest BCUT2D eigenvalue weighted by molar-refractivity contribution is 5.91. The van der Waals surface area contributed by atoms with E-state index in [0.717, 1.165) is 5.56 Å². The largest absolute Gasteiger partial charge is 0.483 e. The van der Waals surface area contributed by atoms with Crippen LogP contribution in [0.4, 0.5) is 0 Å². The number of carboxylic acid groups (broad SMARTS) is 1. The smallest absolute Gasteiger partial charge is 0.339 e. The molecule has 0 heterocycles. The Morgan fingerprint density at radius 1 is 1.30 bits per heavy atom. The lowest BCUT2D eigenvalue weighted by atomic mass is 10.1. The van der Waals surface area contributed by atoms with Crippen molar-refractivity contribution in [3.8, 4) is 5.75 Å². The van der Waals surface area contributed by atoms with Crippen LogP contribution in [0, 0.1) is 12.8 Å². The van der Waals surface area contributed by atoms with Gasteiger partial charge in [0.15, 0.2) is 6.61 Å². The molecule has 2 N–H and O–H groups in total. The Bertz CT molecular complexity index is 497. The van der Waals surface area contributed by atoms with Crippen LogP contribution in [0.25, 0.3) is 0 Å². The third kappa shape index (κ3) is 4.57. The normalized spacial score (nSPS) is 12.1. The van der Waals surface area contributed by atoms with E-state index in [1.165, 1.54) is 6.07 Å². The number of amides is 1. The summed E-state index contributed by atoms with van der Waals surface area (Å²) >= 11 is 0. The second-order valence-electron chi connectivity index (χ2n) is 5.19. The average molecular weight is 279 g/mol. The van der Waals surface area contributed by atoms with Crippen LogP contribution in [0.5, 0.6) is 5.75 Å². The lowest BCUT2D eigenvalue weighted by molar-refractivity contribution is -0.124. The molecule has 5 nitrogen and oxygen atoms in total. The van der Waals surface area contributed by atoms with Gasteiger partial charge in [0.1, 0.15) is 11.3 Å². The molecule has 0 aliphatic rings. The summed E-state index contributed by atoms with van der Waals surface area (Å²) in [4.78, 5) is 22.8. The van der Waals surface area contributed by atoms with Crippen LogP contribution in [0.3, 0.4) is 0 Å². The average Bonchev–Trinajstić information content (AvgIpc) is 2.35. The lowest BCUT2D eigenvalue weighted by Gasteiger charge is -2.17. The van der Waals surface area contributed by atoms with Gasteiger partial charge in [-0.25, -0.2) is 4.79 Å². The van der Waals surface area contributed by atoms with Gasteiger partial charge in [-0.1, -0.05) is 19.9 Å². The van der Waals surface area contributed by atoms with Crippen LogP contribution in [-0.2, 0) is 4.79 Å². The molecule has 0 aromatic heterocycles. The molecular formula is C15H21NO4. The molecule has 1 atom stereocenters. The van der Waals surface area contributed by atoms with Crippen molar-refractivity contribution in [3.63, 3.8) is 0 Å². The molecular weight excluding hydrogens is 258 g/mol. The molecule has 0 radical (unpaired) electrons. The van der Waals surface area contributed by atoms with Gasteiger partial charge in [-0.2, -0.15) is 0 Å². The summed E-state index contributed by atoms with van der Waals surface area (Å²) in [5, 5.41) is 11.9. The Morgan fingerprint density at radius 2 is 1.95 bits per heavy atom. The van der Waals surface area contributed by atoms with E-state index >= 15 is 0 Å². The molecule has 0 spiro atoms. The van der Waals surface area contributed by atoms with Gasteiger partial charge in [0, 0.05) is 6.04 Å². The zero-order chi connectivity index (χ0) is 15.3. The highest BCUT2D eigenvalue weighted by Crippen LogP contribution is 2.20. The Morgan fingerprint density at radius 3 is 2.50 bits per heavy atom. The number of hydrogen-bond donors (Lipinski definition) is 2. The maximum absolute atomic E-state index is 11.7. The van der Waals surface area contributed by atoms with Crippen LogP contribution >= 0.6 is 0 Å². The molecule has 20 heavy (non-hydrogen) atoms. The molecule has 1 unspecified atom stereocenters. The van der Waals surface area contributed by atoms with E-state index in [9.17, 15) is 9.59 Å². The summed E-state index contributed by atoms with van der Waals surface area (Å²) in [5.41, 5.74) is 0.932. The fourth-order valence-electron chi connectivity index (χ4n) is 1.53. The number of nitrogens with one attached hydrogen (secondary N) is 1. The molecule has 1 amide bonds. The summed E-state index contributed by atoms with van der Waals surface area (Å²) in [7, 11) is 0. The van der Waals surface area contributed by atoms with Crippen LogP contribution < -0.4 is 10.1 Å². The van der Waals surface area contributed by atoms with Crippen molar-refractivity contribution in [2.45, 2.75) is 33.7 Å². The zero-order valence-corrected chi connectivity index (χ0v) is 12.3. The van der Waals surface area contributed by atoms with Gasteiger partial charge in [-0.3, -0.25) is 4.79 Å². The Balaban J connectivity index is 2.68. The number of rotatable bonds is 6. The van der Waals surface area contributed by atoms with Crippen LogP contribution in [0.15, 0.2) is 18.2 Å². The number of aromatic carboxylic acids is 1. The molecule has 0 fully saturated rings. The van der Waals surface area contributed by atoms with Crippen molar-refractivity contribution in [2.75, 3.05) is 6.61 Å². The Kier molecular flexibility index (Phi) is 5.55. The number of ether oxygens (including phenoxy) is 1. The third-order valence-corrected chi connectivity index (χ3v) is 3.11. The number of carbonyl (C=O) groups excluding carboxylic acids is 1. The van der Waals surface area contributed by atoms with E-state index in [4.69, 9.17) is 9.84 Å². The number of hydrogen-bond acceptors (Lipinski definition) is 3. The quantitative estimate of drug-likeness (QED) is 0.837. The van der Waals surface area contributed by atoms with Crippen molar-refractivity contribution in [1.29, 1.82) is 0 Å². The third-order valence-electron chi connectivity index (χ3n) is 3.11. The number of aryl methyl sites for hydroxylation is 1.